The first-order valence-corrected chi connectivity index (χ1v) is 6.95. The maximum Gasteiger partial charge on any atom is 0.184 e. The Hall–Kier alpha value is -1.77. The number of ketones is 1. The number of Topliss-reactive ketones (excluding diaryl/α,β-unsaturated/α-hetero) is 1. The van der Waals surface area contributed by atoms with Gasteiger partial charge in [-0.15, -0.1) is 0 Å². The molecule has 0 aliphatic carbocycles. The third-order valence-electron chi connectivity index (χ3n) is 2.88. The summed E-state index contributed by atoms with van der Waals surface area (Å²) in [6, 6.07) is 9.29. The van der Waals surface area contributed by atoms with Gasteiger partial charge in [-0.2, -0.15) is 5.26 Å². The van der Waals surface area contributed by atoms with Crippen LogP contribution in [-0.4, -0.2) is 5.78 Å². The molecule has 0 aromatic heterocycles. The molecule has 0 aliphatic heterocycles. The molecule has 2 nitrogen and oxygen atoms in total. The molecule has 0 heterocycles. The molecule has 0 bridgehead atoms. The normalized spacial score (nSPS) is 11.8. The van der Waals surface area contributed by atoms with E-state index in [0.29, 0.717) is 0 Å². The number of benzene rings is 2. The molecule has 0 N–H and O–H groups in total. The molecular formula is C15H7BrClF2NO. The lowest BCUT2D eigenvalue weighted by molar-refractivity contribution is 0.0977. The molecular weight excluding hydrogens is 364 g/mol. The highest BCUT2D eigenvalue weighted by Gasteiger charge is 2.27. The van der Waals surface area contributed by atoms with Gasteiger partial charge in [-0.05, 0) is 40.2 Å². The van der Waals surface area contributed by atoms with Crippen molar-refractivity contribution in [3.63, 3.8) is 0 Å². The summed E-state index contributed by atoms with van der Waals surface area (Å²) in [5.41, 5.74) is -0.225. The first-order chi connectivity index (χ1) is 9.95. The highest BCUT2D eigenvalue weighted by Crippen LogP contribution is 2.30. The topological polar surface area (TPSA) is 40.9 Å². The average molecular weight is 371 g/mol. The van der Waals surface area contributed by atoms with Gasteiger partial charge in [0.2, 0.25) is 0 Å². The van der Waals surface area contributed by atoms with E-state index in [1.165, 1.54) is 24.3 Å². The van der Waals surface area contributed by atoms with Crippen LogP contribution in [0, 0.1) is 23.0 Å². The highest BCUT2D eigenvalue weighted by atomic mass is 79.9. The Morgan fingerprint density at radius 3 is 2.52 bits per heavy atom. The van der Waals surface area contributed by atoms with E-state index in [1.807, 2.05) is 0 Å². The highest BCUT2D eigenvalue weighted by molar-refractivity contribution is 9.10. The minimum absolute atomic E-state index is 0.0208. The standard InChI is InChI=1S/C15H7BrClF2NO/c16-10-5-4-8(6-13(10)19)15(21)9(7-20)14-11(17)2-1-3-12(14)18/h1-6,9H. The van der Waals surface area contributed by atoms with E-state index in [0.717, 1.165) is 12.1 Å². The van der Waals surface area contributed by atoms with Crippen LogP contribution in [0.2, 0.25) is 5.02 Å². The van der Waals surface area contributed by atoms with Gasteiger partial charge in [0, 0.05) is 16.1 Å². The smallest absolute Gasteiger partial charge is 0.184 e. The van der Waals surface area contributed by atoms with E-state index in [-0.39, 0.29) is 20.6 Å². The van der Waals surface area contributed by atoms with E-state index in [1.54, 1.807) is 6.07 Å². The van der Waals surface area contributed by atoms with Gasteiger partial charge in [0.15, 0.2) is 5.78 Å². The summed E-state index contributed by atoms with van der Waals surface area (Å²) >= 11 is 8.83. The molecule has 0 radical (unpaired) electrons. The van der Waals surface area contributed by atoms with Crippen molar-refractivity contribution in [2.24, 2.45) is 0 Å². The predicted octanol–water partition coefficient (Wildman–Crippen LogP) is 4.87. The molecule has 1 atom stereocenters. The molecule has 0 fully saturated rings. The van der Waals surface area contributed by atoms with E-state index >= 15 is 0 Å². The fourth-order valence-corrected chi connectivity index (χ4v) is 2.38. The molecule has 0 amide bonds. The monoisotopic (exact) mass is 369 g/mol. The van der Waals surface area contributed by atoms with Crippen LogP contribution in [0.4, 0.5) is 8.78 Å². The molecule has 2 aromatic carbocycles. The second-order valence-electron chi connectivity index (χ2n) is 4.19. The van der Waals surface area contributed by atoms with Crippen LogP contribution in [0.15, 0.2) is 40.9 Å². The summed E-state index contributed by atoms with van der Waals surface area (Å²) < 4.78 is 27.5. The average Bonchev–Trinajstić information content (AvgIpc) is 2.45. The number of carbonyl (C=O) groups excluding carboxylic acids is 1. The molecule has 6 heteroatoms. The van der Waals surface area contributed by atoms with E-state index in [9.17, 15) is 18.8 Å². The molecule has 0 saturated carbocycles. The number of carbonyl (C=O) groups is 1. The molecule has 0 spiro atoms. The van der Waals surface area contributed by atoms with E-state index in [4.69, 9.17) is 11.6 Å². The van der Waals surface area contributed by atoms with Gasteiger partial charge in [0.1, 0.15) is 17.6 Å². The fraction of sp³-hybridized carbons (Fsp3) is 0.0667. The number of nitriles is 1. The summed E-state index contributed by atoms with van der Waals surface area (Å²) in [5.74, 6) is -3.53. The minimum atomic E-state index is -1.43. The molecule has 2 rings (SSSR count). The van der Waals surface area contributed by atoms with Crippen molar-refractivity contribution in [1.29, 1.82) is 5.26 Å². The van der Waals surface area contributed by atoms with Gasteiger partial charge in [-0.3, -0.25) is 4.79 Å². The van der Waals surface area contributed by atoms with Crippen molar-refractivity contribution in [2.45, 2.75) is 5.92 Å². The molecule has 106 valence electrons. The SMILES string of the molecule is N#CC(C(=O)c1ccc(Br)c(F)c1)c1c(F)cccc1Cl. The Morgan fingerprint density at radius 1 is 1.24 bits per heavy atom. The third kappa shape index (κ3) is 3.12. The van der Waals surface area contributed by atoms with Crippen LogP contribution in [-0.2, 0) is 0 Å². The number of nitrogens with zero attached hydrogens (tertiary/aromatic N) is 1. The molecule has 0 aliphatic rings. The second kappa shape index (κ2) is 6.33. The van der Waals surface area contributed by atoms with Crippen molar-refractivity contribution < 1.29 is 13.6 Å². The van der Waals surface area contributed by atoms with Crippen molar-refractivity contribution in [3.05, 3.63) is 68.7 Å². The summed E-state index contributed by atoms with van der Waals surface area (Å²) in [7, 11) is 0. The Morgan fingerprint density at radius 2 is 1.95 bits per heavy atom. The lowest BCUT2D eigenvalue weighted by atomic mass is 9.91. The molecule has 21 heavy (non-hydrogen) atoms. The summed E-state index contributed by atoms with van der Waals surface area (Å²) in [6.07, 6.45) is 0. The van der Waals surface area contributed by atoms with Gasteiger partial charge in [-0.1, -0.05) is 23.7 Å². The van der Waals surface area contributed by atoms with Gasteiger partial charge in [0.05, 0.1) is 10.5 Å². The molecule has 1 unspecified atom stereocenters. The zero-order chi connectivity index (χ0) is 15.6. The quantitative estimate of drug-likeness (QED) is 0.723. The lowest BCUT2D eigenvalue weighted by Crippen LogP contribution is -2.13. The van der Waals surface area contributed by atoms with Crippen molar-refractivity contribution in [1.82, 2.24) is 0 Å². The van der Waals surface area contributed by atoms with Crippen molar-refractivity contribution in [2.75, 3.05) is 0 Å². The maximum atomic E-state index is 13.8. The summed E-state index contributed by atoms with van der Waals surface area (Å²) in [5, 5.41) is 9.16. The Kier molecular flexibility index (Phi) is 4.71. The lowest BCUT2D eigenvalue weighted by Gasteiger charge is -2.11. The van der Waals surface area contributed by atoms with Gasteiger partial charge in [0.25, 0.3) is 0 Å². The fourth-order valence-electron chi connectivity index (χ4n) is 1.86. The number of hydrogen-bond acceptors (Lipinski definition) is 2. The van der Waals surface area contributed by atoms with E-state index in [2.05, 4.69) is 15.9 Å². The van der Waals surface area contributed by atoms with E-state index < -0.39 is 23.3 Å². The summed E-state index contributed by atoms with van der Waals surface area (Å²) in [4.78, 5) is 12.3. The zero-order valence-electron chi connectivity index (χ0n) is 10.4. The predicted molar refractivity (Wildman–Crippen MR) is 78.2 cm³/mol. The van der Waals surface area contributed by atoms with Gasteiger partial charge in [-0.25, -0.2) is 8.78 Å². The van der Waals surface area contributed by atoms with Crippen LogP contribution in [0.5, 0.6) is 0 Å². The Bertz CT molecular complexity index is 738. The van der Waals surface area contributed by atoms with Crippen molar-refractivity contribution in [3.8, 4) is 6.07 Å². The molecule has 0 saturated heterocycles. The number of hydrogen-bond donors (Lipinski definition) is 0. The molecule has 2 aromatic rings. The van der Waals surface area contributed by atoms with Crippen LogP contribution in [0.3, 0.4) is 0 Å². The minimum Gasteiger partial charge on any atom is -0.292 e. The van der Waals surface area contributed by atoms with Gasteiger partial charge >= 0.3 is 0 Å². The third-order valence-corrected chi connectivity index (χ3v) is 3.86. The summed E-state index contributed by atoms with van der Waals surface area (Å²) in [6.45, 7) is 0. The number of halogens is 4. The maximum absolute atomic E-state index is 13.8. The van der Waals surface area contributed by atoms with Crippen LogP contribution in [0.25, 0.3) is 0 Å². The van der Waals surface area contributed by atoms with Crippen LogP contribution < -0.4 is 0 Å². The van der Waals surface area contributed by atoms with Crippen LogP contribution >= 0.6 is 27.5 Å². The Labute approximate surface area is 133 Å². The Balaban J connectivity index is 2.49. The zero-order valence-corrected chi connectivity index (χ0v) is 12.8. The first kappa shape index (κ1) is 15.6. The largest absolute Gasteiger partial charge is 0.292 e. The first-order valence-electron chi connectivity index (χ1n) is 5.78. The van der Waals surface area contributed by atoms with Gasteiger partial charge < -0.3 is 0 Å². The number of rotatable bonds is 3. The van der Waals surface area contributed by atoms with Crippen molar-refractivity contribution >= 4 is 33.3 Å². The van der Waals surface area contributed by atoms with Crippen LogP contribution in [0.1, 0.15) is 21.8 Å². The second-order valence-corrected chi connectivity index (χ2v) is 5.45.